The minimum absolute atomic E-state index is 0.0137. The van der Waals surface area contributed by atoms with Gasteiger partial charge in [0.1, 0.15) is 11.4 Å². The number of anilines is 1. The van der Waals surface area contributed by atoms with Crippen LogP contribution < -0.4 is 16.2 Å². The highest BCUT2D eigenvalue weighted by Gasteiger charge is 2.33. The number of halogens is 7. The lowest BCUT2D eigenvalue weighted by molar-refractivity contribution is -0.274. The number of nitrogen functional groups attached to an aromatic ring is 1. The lowest BCUT2D eigenvalue weighted by Crippen LogP contribution is -2.33. The molecule has 0 atom stereocenters. The predicted molar refractivity (Wildman–Crippen MR) is 134 cm³/mol. The minimum Gasteiger partial charge on any atom is -0.406 e. The number of alkyl halides is 6. The van der Waals surface area contributed by atoms with E-state index in [9.17, 15) is 35.9 Å². The van der Waals surface area contributed by atoms with Crippen molar-refractivity contribution in [1.29, 1.82) is 0 Å². The summed E-state index contributed by atoms with van der Waals surface area (Å²) in [6.07, 6.45) is -5.54. The van der Waals surface area contributed by atoms with Crippen molar-refractivity contribution in [2.75, 3.05) is 18.8 Å². The molecule has 2 amide bonds. The van der Waals surface area contributed by atoms with Gasteiger partial charge in [-0.05, 0) is 67.8 Å². The maximum atomic E-state index is 12.4. The molecule has 1 fully saturated rings. The van der Waals surface area contributed by atoms with E-state index in [0.29, 0.717) is 10.4 Å². The number of primary amides is 1. The molecule has 0 spiro atoms. The average molecular weight is 579 g/mol. The van der Waals surface area contributed by atoms with Gasteiger partial charge < -0.3 is 21.1 Å². The number of ether oxygens (including phenoxy) is 1. The van der Waals surface area contributed by atoms with Crippen molar-refractivity contribution in [3.05, 3.63) is 64.8 Å². The molecule has 212 valence electrons. The van der Waals surface area contributed by atoms with Gasteiger partial charge in [0.05, 0.1) is 5.52 Å². The highest BCUT2D eigenvalue weighted by Crippen LogP contribution is 2.32. The first-order valence-corrected chi connectivity index (χ1v) is 11.8. The van der Waals surface area contributed by atoms with Gasteiger partial charge in [0.15, 0.2) is 0 Å². The van der Waals surface area contributed by atoms with Crippen molar-refractivity contribution in [3.63, 3.8) is 0 Å². The fourth-order valence-corrected chi connectivity index (χ4v) is 3.57. The van der Waals surface area contributed by atoms with Crippen LogP contribution in [0.1, 0.15) is 42.2 Å². The maximum absolute atomic E-state index is 12.4. The molecule has 0 saturated carbocycles. The van der Waals surface area contributed by atoms with Gasteiger partial charge in [-0.25, -0.2) is 4.98 Å². The number of carbonyl (C=O) groups is 2. The van der Waals surface area contributed by atoms with Gasteiger partial charge in [-0.2, -0.15) is 13.2 Å². The van der Waals surface area contributed by atoms with Gasteiger partial charge in [-0.3, -0.25) is 9.59 Å². The third kappa shape index (κ3) is 10.5. The lowest BCUT2D eigenvalue weighted by atomic mass is 10.1. The maximum Gasteiger partial charge on any atom is 0.573 e. The standard InChI is InChI=1S/C10H6ClF3N2.C8H6F3NO2.C7H13NO/c11-5-1-2-8-6(3-5)7(15)4-9(16-8)10(12,13)14;9-8(10,11)14-6-3-1-5(2-4-6)7(12)13;1-7(9)8-5-3-2-4-6-8/h1-4H,(H2,15,16);1-4H,(H2,12,13);2-6H2,1H3. The monoisotopic (exact) mass is 578 g/mol. The van der Waals surface area contributed by atoms with E-state index in [1.807, 2.05) is 4.90 Å². The predicted octanol–water partition coefficient (Wildman–Crippen LogP) is 6.19. The Balaban J connectivity index is 0.000000213. The zero-order valence-electron chi connectivity index (χ0n) is 20.6. The number of piperidine rings is 1. The van der Waals surface area contributed by atoms with Gasteiger partial charge in [0, 0.05) is 41.7 Å². The Bertz CT molecular complexity index is 1280. The first kappa shape index (κ1) is 31.5. The molecule has 2 heterocycles. The molecule has 0 bridgehead atoms. The zero-order chi connectivity index (χ0) is 29.4. The summed E-state index contributed by atoms with van der Waals surface area (Å²) in [5.74, 6) is -0.860. The van der Waals surface area contributed by atoms with Gasteiger partial charge in [-0.15, -0.1) is 13.2 Å². The summed E-state index contributed by atoms with van der Waals surface area (Å²) in [5, 5.41) is 0.821. The zero-order valence-corrected chi connectivity index (χ0v) is 21.3. The van der Waals surface area contributed by atoms with Crippen LogP contribution in [0.25, 0.3) is 10.9 Å². The van der Waals surface area contributed by atoms with Crippen molar-refractivity contribution in [2.45, 2.75) is 38.7 Å². The topological polar surface area (TPSA) is 112 Å². The smallest absolute Gasteiger partial charge is 0.406 e. The van der Waals surface area contributed by atoms with Crippen LogP contribution in [0.2, 0.25) is 5.02 Å². The van der Waals surface area contributed by atoms with Gasteiger partial charge >= 0.3 is 12.5 Å². The first-order valence-electron chi connectivity index (χ1n) is 11.4. The van der Waals surface area contributed by atoms with Gasteiger partial charge in [-0.1, -0.05) is 11.6 Å². The van der Waals surface area contributed by atoms with E-state index in [-0.39, 0.29) is 28.4 Å². The molecule has 1 aliphatic rings. The van der Waals surface area contributed by atoms with Crippen LogP contribution in [0.3, 0.4) is 0 Å². The fourth-order valence-electron chi connectivity index (χ4n) is 3.40. The lowest BCUT2D eigenvalue weighted by Gasteiger charge is -2.24. The molecule has 4 N–H and O–H groups in total. The summed E-state index contributed by atoms with van der Waals surface area (Å²) in [4.78, 5) is 26.7. The van der Waals surface area contributed by atoms with Crippen LogP contribution in [0.4, 0.5) is 32.0 Å². The van der Waals surface area contributed by atoms with Crippen molar-refractivity contribution in [2.24, 2.45) is 5.73 Å². The molecule has 1 aliphatic heterocycles. The summed E-state index contributed by atoms with van der Waals surface area (Å²) < 4.78 is 75.9. The number of amides is 2. The molecule has 2 aromatic carbocycles. The van der Waals surface area contributed by atoms with Crippen LogP contribution >= 0.6 is 11.6 Å². The first-order chi connectivity index (χ1) is 18.1. The molecule has 3 aromatic rings. The highest BCUT2D eigenvalue weighted by atomic mass is 35.5. The van der Waals surface area contributed by atoms with Crippen molar-refractivity contribution >= 4 is 40.0 Å². The third-order valence-corrected chi connectivity index (χ3v) is 5.50. The summed E-state index contributed by atoms with van der Waals surface area (Å²) >= 11 is 5.71. The number of fused-ring (bicyclic) bond motifs is 1. The molecule has 7 nitrogen and oxygen atoms in total. The second-order valence-corrected chi connectivity index (χ2v) is 8.70. The molecule has 1 saturated heterocycles. The SMILES string of the molecule is CC(=O)N1CCCCC1.NC(=O)c1ccc(OC(F)(F)F)cc1.Nc1cc(C(F)(F)F)nc2ccc(Cl)cc12. The molecule has 1 aromatic heterocycles. The van der Waals surface area contributed by atoms with Crippen LogP contribution in [0.15, 0.2) is 48.5 Å². The fraction of sp³-hybridized carbons (Fsp3) is 0.320. The molecule has 0 unspecified atom stereocenters. The van der Waals surface area contributed by atoms with Gasteiger partial charge in [0.2, 0.25) is 11.8 Å². The van der Waals surface area contributed by atoms with Crippen LogP contribution in [0.5, 0.6) is 5.75 Å². The molecule has 0 radical (unpaired) electrons. The largest absolute Gasteiger partial charge is 0.573 e. The summed E-state index contributed by atoms with van der Waals surface area (Å²) in [6, 6.07) is 9.52. The number of pyridine rings is 1. The third-order valence-electron chi connectivity index (χ3n) is 5.27. The van der Waals surface area contributed by atoms with Crippen LogP contribution in [-0.4, -0.2) is 41.2 Å². The summed E-state index contributed by atoms with van der Waals surface area (Å²) in [7, 11) is 0. The van der Waals surface area contributed by atoms with E-state index in [4.69, 9.17) is 23.1 Å². The Morgan fingerprint density at radius 1 is 0.949 bits per heavy atom. The summed E-state index contributed by atoms with van der Waals surface area (Å²) in [6.45, 7) is 3.61. The van der Waals surface area contributed by atoms with Crippen LogP contribution in [0, 0.1) is 0 Å². The number of likely N-dealkylation sites (tertiary alicyclic amines) is 1. The quantitative estimate of drug-likeness (QED) is 0.352. The van der Waals surface area contributed by atoms with Crippen LogP contribution in [-0.2, 0) is 11.0 Å². The molecule has 4 rings (SSSR count). The Kier molecular flexibility index (Phi) is 10.8. The highest BCUT2D eigenvalue weighted by molar-refractivity contribution is 6.31. The average Bonchev–Trinajstić information content (AvgIpc) is 2.84. The number of nitrogens with two attached hydrogens (primary N) is 2. The molecular formula is C25H25ClF6N4O3. The van der Waals surface area contributed by atoms with E-state index < -0.39 is 24.1 Å². The second kappa shape index (κ2) is 13.4. The van der Waals surface area contributed by atoms with E-state index in [0.717, 1.165) is 43.4 Å². The number of hydrogen-bond donors (Lipinski definition) is 2. The summed E-state index contributed by atoms with van der Waals surface area (Å²) in [5.41, 5.74) is 9.73. The van der Waals surface area contributed by atoms with E-state index in [1.165, 1.54) is 37.5 Å². The van der Waals surface area contributed by atoms with Crippen molar-refractivity contribution < 1.29 is 40.7 Å². The Hall–Kier alpha value is -3.74. The van der Waals surface area contributed by atoms with Crippen molar-refractivity contribution in [1.82, 2.24) is 9.88 Å². The Labute approximate surface area is 224 Å². The van der Waals surface area contributed by atoms with E-state index in [2.05, 4.69) is 9.72 Å². The number of nitrogens with zero attached hydrogens (tertiary/aromatic N) is 2. The number of rotatable bonds is 2. The molecule has 14 heteroatoms. The van der Waals surface area contributed by atoms with E-state index >= 15 is 0 Å². The van der Waals surface area contributed by atoms with Gasteiger partial charge in [0.25, 0.3) is 0 Å². The number of benzene rings is 2. The molecule has 39 heavy (non-hydrogen) atoms. The number of hydrogen-bond acceptors (Lipinski definition) is 5. The van der Waals surface area contributed by atoms with Crippen molar-refractivity contribution in [3.8, 4) is 5.75 Å². The normalized spacial score (nSPS) is 13.5. The Morgan fingerprint density at radius 3 is 2.00 bits per heavy atom. The number of carbonyl (C=O) groups excluding carboxylic acids is 2. The molecule has 0 aliphatic carbocycles. The second-order valence-electron chi connectivity index (χ2n) is 8.26. The minimum atomic E-state index is -4.73. The number of aromatic nitrogens is 1. The molecular weight excluding hydrogens is 554 g/mol. The Morgan fingerprint density at radius 2 is 1.54 bits per heavy atom. The van der Waals surface area contributed by atoms with E-state index in [1.54, 1.807) is 6.92 Å².